The summed E-state index contributed by atoms with van der Waals surface area (Å²) in [5, 5.41) is 4.97. The SMILES string of the molecule is O=C(NN=CC1=Cc2cc(Cl)cc(Cl)c2OC1)C1CC1. The molecule has 1 amide bonds. The lowest BCUT2D eigenvalue weighted by Gasteiger charge is -2.17. The van der Waals surface area contributed by atoms with E-state index in [9.17, 15) is 4.79 Å². The smallest absolute Gasteiger partial charge is 0.243 e. The number of benzene rings is 1. The lowest BCUT2D eigenvalue weighted by Crippen LogP contribution is -2.19. The van der Waals surface area contributed by atoms with E-state index in [2.05, 4.69) is 10.5 Å². The van der Waals surface area contributed by atoms with Gasteiger partial charge in [-0.2, -0.15) is 5.10 Å². The van der Waals surface area contributed by atoms with Crippen LogP contribution in [0.4, 0.5) is 0 Å². The van der Waals surface area contributed by atoms with Crippen molar-refractivity contribution in [2.45, 2.75) is 12.8 Å². The van der Waals surface area contributed by atoms with Crippen molar-refractivity contribution < 1.29 is 9.53 Å². The summed E-state index contributed by atoms with van der Waals surface area (Å²) in [6.07, 6.45) is 5.39. The first kappa shape index (κ1) is 13.5. The van der Waals surface area contributed by atoms with Gasteiger partial charge in [-0.3, -0.25) is 4.79 Å². The predicted molar refractivity (Wildman–Crippen MR) is 79.3 cm³/mol. The van der Waals surface area contributed by atoms with Crippen LogP contribution in [0.1, 0.15) is 18.4 Å². The van der Waals surface area contributed by atoms with E-state index in [-0.39, 0.29) is 11.8 Å². The average Bonchev–Trinajstić information content (AvgIpc) is 3.22. The fourth-order valence-electron chi connectivity index (χ4n) is 1.93. The van der Waals surface area contributed by atoms with Crippen molar-refractivity contribution in [1.29, 1.82) is 0 Å². The molecular weight excluding hydrogens is 299 g/mol. The number of halogens is 2. The van der Waals surface area contributed by atoms with E-state index in [1.165, 1.54) is 0 Å². The molecule has 1 aliphatic heterocycles. The van der Waals surface area contributed by atoms with Crippen LogP contribution in [-0.2, 0) is 4.79 Å². The molecule has 0 unspecified atom stereocenters. The van der Waals surface area contributed by atoms with Gasteiger partial charge in [0.25, 0.3) is 0 Å². The summed E-state index contributed by atoms with van der Waals surface area (Å²) in [4.78, 5) is 11.4. The quantitative estimate of drug-likeness (QED) is 0.688. The van der Waals surface area contributed by atoms with Gasteiger partial charge >= 0.3 is 0 Å². The Hall–Kier alpha value is -1.52. The molecule has 0 bridgehead atoms. The molecule has 20 heavy (non-hydrogen) atoms. The van der Waals surface area contributed by atoms with Crippen LogP contribution in [0.25, 0.3) is 6.08 Å². The molecule has 1 N–H and O–H groups in total. The van der Waals surface area contributed by atoms with Gasteiger partial charge in [0.1, 0.15) is 12.4 Å². The zero-order valence-electron chi connectivity index (χ0n) is 10.5. The van der Waals surface area contributed by atoms with Gasteiger partial charge < -0.3 is 4.74 Å². The molecule has 2 aliphatic rings. The summed E-state index contributed by atoms with van der Waals surface area (Å²) in [6, 6.07) is 3.42. The minimum absolute atomic E-state index is 0.0231. The molecule has 1 fully saturated rings. The van der Waals surface area contributed by atoms with Crippen LogP contribution in [0.15, 0.2) is 22.8 Å². The van der Waals surface area contributed by atoms with Gasteiger partial charge in [-0.25, -0.2) is 5.43 Å². The Kier molecular flexibility index (Phi) is 3.68. The number of hydrazone groups is 1. The van der Waals surface area contributed by atoms with Gasteiger partial charge in [-0.05, 0) is 31.1 Å². The van der Waals surface area contributed by atoms with Crippen LogP contribution in [0.2, 0.25) is 10.0 Å². The number of nitrogens with zero attached hydrogens (tertiary/aromatic N) is 1. The molecule has 1 heterocycles. The largest absolute Gasteiger partial charge is 0.487 e. The molecule has 1 aromatic carbocycles. The number of hydrogen-bond acceptors (Lipinski definition) is 3. The third kappa shape index (κ3) is 2.97. The normalized spacial score (nSPS) is 17.4. The number of fused-ring (bicyclic) bond motifs is 1. The van der Waals surface area contributed by atoms with E-state index < -0.39 is 0 Å². The Morgan fingerprint density at radius 3 is 2.95 bits per heavy atom. The van der Waals surface area contributed by atoms with E-state index in [4.69, 9.17) is 27.9 Å². The zero-order valence-corrected chi connectivity index (χ0v) is 12.0. The Labute approximate surface area is 126 Å². The number of carbonyl (C=O) groups is 1. The minimum Gasteiger partial charge on any atom is -0.487 e. The summed E-state index contributed by atoms with van der Waals surface area (Å²) in [7, 11) is 0. The lowest BCUT2D eigenvalue weighted by molar-refractivity contribution is -0.122. The maximum atomic E-state index is 11.4. The Balaban J connectivity index is 1.73. The second-order valence-corrected chi connectivity index (χ2v) is 5.67. The first-order chi connectivity index (χ1) is 9.63. The van der Waals surface area contributed by atoms with Gasteiger partial charge in [-0.1, -0.05) is 23.2 Å². The van der Waals surface area contributed by atoms with E-state index in [1.807, 2.05) is 6.08 Å². The summed E-state index contributed by atoms with van der Waals surface area (Å²) in [5.74, 6) is 0.738. The highest BCUT2D eigenvalue weighted by Gasteiger charge is 2.29. The highest BCUT2D eigenvalue weighted by atomic mass is 35.5. The van der Waals surface area contributed by atoms with Gasteiger partial charge in [-0.15, -0.1) is 0 Å². The van der Waals surface area contributed by atoms with Crippen molar-refractivity contribution in [3.8, 4) is 5.75 Å². The molecule has 104 valence electrons. The number of amides is 1. The fourth-order valence-corrected chi connectivity index (χ4v) is 2.49. The Morgan fingerprint density at radius 2 is 2.20 bits per heavy atom. The number of nitrogens with one attached hydrogen (secondary N) is 1. The van der Waals surface area contributed by atoms with Crippen molar-refractivity contribution in [1.82, 2.24) is 5.43 Å². The summed E-state index contributed by atoms with van der Waals surface area (Å²) in [6.45, 7) is 0.358. The van der Waals surface area contributed by atoms with Gasteiger partial charge in [0, 0.05) is 22.1 Å². The average molecular weight is 311 g/mol. The summed E-state index contributed by atoms with van der Waals surface area (Å²) in [5.41, 5.74) is 4.17. The maximum Gasteiger partial charge on any atom is 0.243 e. The predicted octanol–water partition coefficient (Wildman–Crippen LogP) is 3.28. The molecule has 6 heteroatoms. The lowest BCUT2D eigenvalue weighted by atomic mass is 10.1. The number of hydrogen-bond donors (Lipinski definition) is 1. The second-order valence-electron chi connectivity index (χ2n) is 4.82. The molecule has 1 aliphatic carbocycles. The standard InChI is InChI=1S/C14H12Cl2N2O2/c15-11-4-10-3-8(7-20-13(10)12(16)5-11)6-17-18-14(19)9-1-2-9/h3-6,9H,1-2,7H2,(H,18,19). The maximum absolute atomic E-state index is 11.4. The molecule has 0 radical (unpaired) electrons. The minimum atomic E-state index is -0.0231. The molecule has 3 rings (SSSR count). The topological polar surface area (TPSA) is 50.7 Å². The van der Waals surface area contributed by atoms with E-state index >= 15 is 0 Å². The highest BCUT2D eigenvalue weighted by molar-refractivity contribution is 6.36. The van der Waals surface area contributed by atoms with Crippen LogP contribution in [0, 0.1) is 5.92 Å². The van der Waals surface area contributed by atoms with Crippen LogP contribution in [0.5, 0.6) is 5.75 Å². The van der Waals surface area contributed by atoms with Crippen LogP contribution in [-0.4, -0.2) is 18.7 Å². The summed E-state index contributed by atoms with van der Waals surface area (Å²) < 4.78 is 5.58. The number of carbonyl (C=O) groups excluding carboxylic acids is 1. The Morgan fingerprint density at radius 1 is 1.40 bits per heavy atom. The number of ether oxygens (including phenoxy) is 1. The van der Waals surface area contributed by atoms with Crippen molar-refractivity contribution in [3.05, 3.63) is 33.3 Å². The van der Waals surface area contributed by atoms with E-state index in [1.54, 1.807) is 18.3 Å². The first-order valence-corrected chi connectivity index (χ1v) is 7.04. The van der Waals surface area contributed by atoms with Crippen molar-refractivity contribution in [3.63, 3.8) is 0 Å². The molecule has 0 saturated heterocycles. The van der Waals surface area contributed by atoms with Crippen LogP contribution in [0.3, 0.4) is 0 Å². The summed E-state index contributed by atoms with van der Waals surface area (Å²) >= 11 is 12.0. The van der Waals surface area contributed by atoms with Crippen molar-refractivity contribution in [2.75, 3.05) is 6.61 Å². The van der Waals surface area contributed by atoms with E-state index in [0.29, 0.717) is 22.4 Å². The third-order valence-electron chi connectivity index (χ3n) is 3.11. The molecule has 1 aromatic rings. The van der Waals surface area contributed by atoms with Crippen molar-refractivity contribution >= 4 is 41.4 Å². The molecule has 0 spiro atoms. The molecule has 0 atom stereocenters. The third-order valence-corrected chi connectivity index (χ3v) is 3.61. The first-order valence-electron chi connectivity index (χ1n) is 6.29. The van der Waals surface area contributed by atoms with Gasteiger partial charge in [0.05, 0.1) is 11.2 Å². The monoisotopic (exact) mass is 310 g/mol. The molecule has 1 saturated carbocycles. The van der Waals surface area contributed by atoms with Gasteiger partial charge in [0.15, 0.2) is 0 Å². The second kappa shape index (κ2) is 5.46. The van der Waals surface area contributed by atoms with Crippen LogP contribution >= 0.6 is 23.2 Å². The number of rotatable bonds is 3. The molecule has 0 aromatic heterocycles. The van der Waals surface area contributed by atoms with E-state index in [0.717, 1.165) is 24.0 Å². The highest BCUT2D eigenvalue weighted by Crippen LogP contribution is 2.36. The van der Waals surface area contributed by atoms with Crippen molar-refractivity contribution in [2.24, 2.45) is 11.0 Å². The Bertz CT molecular complexity index is 622. The van der Waals surface area contributed by atoms with Crippen LogP contribution < -0.4 is 10.2 Å². The molecule has 4 nitrogen and oxygen atoms in total. The molecular formula is C14H12Cl2N2O2. The van der Waals surface area contributed by atoms with Gasteiger partial charge in [0.2, 0.25) is 5.91 Å². The fraction of sp³-hybridized carbons (Fsp3) is 0.286. The zero-order chi connectivity index (χ0) is 14.1.